The lowest BCUT2D eigenvalue weighted by atomic mass is 9.66. The maximum atomic E-state index is 6.36. The van der Waals surface area contributed by atoms with E-state index in [4.69, 9.17) is 9.72 Å². The van der Waals surface area contributed by atoms with Crippen molar-refractivity contribution in [3.63, 3.8) is 0 Å². The number of rotatable bonds is 0. The Morgan fingerprint density at radius 2 is 1.17 bits per heavy atom. The summed E-state index contributed by atoms with van der Waals surface area (Å²) in [4.78, 5) is 5.15. The van der Waals surface area contributed by atoms with Crippen LogP contribution in [0, 0.1) is 0 Å². The maximum Gasteiger partial charge on any atom is 0.132 e. The van der Waals surface area contributed by atoms with Gasteiger partial charge in [0.05, 0.1) is 16.6 Å². The first-order valence-corrected chi connectivity index (χ1v) is 10.2. The molecule has 5 aromatic rings. The van der Waals surface area contributed by atoms with Crippen molar-refractivity contribution < 1.29 is 4.74 Å². The van der Waals surface area contributed by atoms with Gasteiger partial charge in [-0.15, -0.1) is 0 Å². The summed E-state index contributed by atoms with van der Waals surface area (Å²) in [5, 5.41) is 1.16. The maximum absolute atomic E-state index is 6.36. The summed E-state index contributed by atoms with van der Waals surface area (Å²) in [6.45, 7) is 0. The van der Waals surface area contributed by atoms with Crippen LogP contribution in [0.15, 0.2) is 103 Å². The van der Waals surface area contributed by atoms with E-state index in [-0.39, 0.29) is 0 Å². The van der Waals surface area contributed by atoms with Crippen LogP contribution in [0.4, 0.5) is 0 Å². The minimum absolute atomic E-state index is 0.436. The molecule has 0 atom stereocenters. The number of pyridine rings is 1. The number of hydrogen-bond acceptors (Lipinski definition) is 2. The van der Waals surface area contributed by atoms with Crippen LogP contribution in [-0.2, 0) is 5.41 Å². The van der Waals surface area contributed by atoms with E-state index in [1.54, 1.807) is 0 Å². The zero-order valence-electron chi connectivity index (χ0n) is 16.2. The molecule has 140 valence electrons. The molecule has 1 aromatic heterocycles. The highest BCUT2D eigenvalue weighted by atomic mass is 16.5. The fourth-order valence-corrected chi connectivity index (χ4v) is 5.34. The lowest BCUT2D eigenvalue weighted by Crippen LogP contribution is -2.32. The monoisotopic (exact) mass is 383 g/mol. The molecular formula is C28H17NO. The standard InChI is InChI=1S/C28H17NO/c1-6-14-24-18(9-1)17-23-27(29-24)19-10-2-3-11-20(19)28(23)21-12-4-7-15-25(21)30-26-16-8-5-13-22(26)28/h1-17H. The second-order valence-electron chi connectivity index (χ2n) is 7.97. The molecule has 2 heterocycles. The molecule has 0 unspecified atom stereocenters. The minimum atomic E-state index is -0.436. The van der Waals surface area contributed by atoms with Crippen molar-refractivity contribution >= 4 is 10.9 Å². The van der Waals surface area contributed by atoms with Gasteiger partial charge in [0.2, 0.25) is 0 Å². The topological polar surface area (TPSA) is 22.1 Å². The van der Waals surface area contributed by atoms with Gasteiger partial charge in [-0.2, -0.15) is 0 Å². The Hall–Kier alpha value is -3.91. The molecule has 0 radical (unpaired) electrons. The molecule has 2 nitrogen and oxygen atoms in total. The van der Waals surface area contributed by atoms with Crippen LogP contribution in [0.5, 0.6) is 11.5 Å². The summed E-state index contributed by atoms with van der Waals surface area (Å²) in [6.07, 6.45) is 0. The highest BCUT2D eigenvalue weighted by Gasteiger charge is 2.51. The first-order chi connectivity index (χ1) is 14.9. The second kappa shape index (κ2) is 5.58. The number of hydrogen-bond donors (Lipinski definition) is 0. The van der Waals surface area contributed by atoms with Gasteiger partial charge in [0, 0.05) is 22.1 Å². The van der Waals surface area contributed by atoms with E-state index in [2.05, 4.69) is 91.0 Å². The number of fused-ring (bicyclic) bond motifs is 10. The van der Waals surface area contributed by atoms with Gasteiger partial charge in [0.15, 0.2) is 0 Å². The Morgan fingerprint density at radius 1 is 0.567 bits per heavy atom. The Morgan fingerprint density at radius 3 is 1.93 bits per heavy atom. The summed E-state index contributed by atoms with van der Waals surface area (Å²) < 4.78 is 6.36. The van der Waals surface area contributed by atoms with E-state index >= 15 is 0 Å². The summed E-state index contributed by atoms with van der Waals surface area (Å²) in [7, 11) is 0. The molecule has 1 aliphatic heterocycles. The van der Waals surface area contributed by atoms with Gasteiger partial charge in [-0.3, -0.25) is 0 Å². The van der Waals surface area contributed by atoms with Crippen LogP contribution in [0.1, 0.15) is 22.3 Å². The van der Waals surface area contributed by atoms with Crippen LogP contribution in [0.2, 0.25) is 0 Å². The molecule has 7 rings (SSSR count). The van der Waals surface area contributed by atoms with Crippen LogP contribution in [-0.4, -0.2) is 4.98 Å². The zero-order chi connectivity index (χ0) is 19.7. The fraction of sp³-hybridized carbons (Fsp3) is 0.0357. The first-order valence-electron chi connectivity index (χ1n) is 10.2. The molecule has 0 bridgehead atoms. The smallest absolute Gasteiger partial charge is 0.132 e. The molecule has 0 N–H and O–H groups in total. The number of para-hydroxylation sites is 3. The Kier molecular flexibility index (Phi) is 2.97. The lowest BCUT2D eigenvalue weighted by molar-refractivity contribution is 0.436. The van der Waals surface area contributed by atoms with E-state index < -0.39 is 5.41 Å². The molecular weight excluding hydrogens is 366 g/mol. The van der Waals surface area contributed by atoms with Gasteiger partial charge in [-0.05, 0) is 35.4 Å². The van der Waals surface area contributed by atoms with Crippen molar-refractivity contribution in [1.29, 1.82) is 0 Å². The third-order valence-electron chi connectivity index (χ3n) is 6.52. The second-order valence-corrected chi connectivity index (χ2v) is 7.97. The summed E-state index contributed by atoms with van der Waals surface area (Å²) in [6, 6.07) is 36.2. The van der Waals surface area contributed by atoms with Crippen molar-refractivity contribution in [3.8, 4) is 22.8 Å². The quantitative estimate of drug-likeness (QED) is 0.291. The first kappa shape index (κ1) is 15.9. The highest BCUT2D eigenvalue weighted by Crippen LogP contribution is 2.61. The van der Waals surface area contributed by atoms with Gasteiger partial charge >= 0.3 is 0 Å². The van der Waals surface area contributed by atoms with E-state index in [1.807, 2.05) is 12.1 Å². The average molecular weight is 383 g/mol. The normalized spacial score (nSPS) is 14.5. The van der Waals surface area contributed by atoms with Gasteiger partial charge in [0.25, 0.3) is 0 Å². The van der Waals surface area contributed by atoms with Crippen molar-refractivity contribution in [1.82, 2.24) is 4.98 Å². The van der Waals surface area contributed by atoms with Crippen molar-refractivity contribution in [2.45, 2.75) is 5.41 Å². The summed E-state index contributed by atoms with van der Waals surface area (Å²) >= 11 is 0. The van der Waals surface area contributed by atoms with Gasteiger partial charge in [-0.25, -0.2) is 4.98 Å². The van der Waals surface area contributed by atoms with E-state index in [0.29, 0.717) is 0 Å². The minimum Gasteiger partial charge on any atom is -0.457 e. The van der Waals surface area contributed by atoms with Gasteiger partial charge < -0.3 is 4.74 Å². The highest BCUT2D eigenvalue weighted by molar-refractivity contribution is 5.92. The van der Waals surface area contributed by atoms with Crippen LogP contribution in [0.25, 0.3) is 22.2 Å². The molecule has 2 heteroatoms. The SMILES string of the molecule is c1ccc2c(c1)Oc1ccccc1C21c2ccccc2-c2nc3ccccc3cc21. The molecule has 1 aliphatic carbocycles. The van der Waals surface area contributed by atoms with Crippen molar-refractivity contribution in [2.24, 2.45) is 0 Å². The summed E-state index contributed by atoms with van der Waals surface area (Å²) in [5.41, 5.74) is 7.70. The van der Waals surface area contributed by atoms with Crippen LogP contribution < -0.4 is 4.74 Å². The lowest BCUT2D eigenvalue weighted by Gasteiger charge is -2.39. The average Bonchev–Trinajstić information content (AvgIpc) is 3.08. The molecule has 1 spiro atoms. The Balaban J connectivity index is 1.73. The molecule has 2 aliphatic rings. The Bertz CT molecular complexity index is 1440. The largest absolute Gasteiger partial charge is 0.457 e. The molecule has 0 fully saturated rings. The van der Waals surface area contributed by atoms with E-state index in [0.717, 1.165) is 28.1 Å². The molecule has 0 saturated carbocycles. The van der Waals surface area contributed by atoms with Crippen LogP contribution in [0.3, 0.4) is 0 Å². The van der Waals surface area contributed by atoms with Crippen molar-refractivity contribution in [2.75, 3.05) is 0 Å². The Labute approximate surface area is 174 Å². The van der Waals surface area contributed by atoms with E-state index in [1.165, 1.54) is 27.8 Å². The third-order valence-corrected chi connectivity index (χ3v) is 6.52. The van der Waals surface area contributed by atoms with E-state index in [9.17, 15) is 0 Å². The summed E-state index contributed by atoms with van der Waals surface area (Å²) in [5.74, 6) is 1.82. The zero-order valence-corrected chi connectivity index (χ0v) is 16.2. The van der Waals surface area contributed by atoms with Gasteiger partial charge in [-0.1, -0.05) is 78.9 Å². The number of benzene rings is 4. The van der Waals surface area contributed by atoms with Crippen LogP contribution >= 0.6 is 0 Å². The third kappa shape index (κ3) is 1.82. The number of nitrogens with zero attached hydrogens (tertiary/aromatic N) is 1. The van der Waals surface area contributed by atoms with Crippen molar-refractivity contribution in [3.05, 3.63) is 125 Å². The molecule has 30 heavy (non-hydrogen) atoms. The number of aromatic nitrogens is 1. The van der Waals surface area contributed by atoms with Gasteiger partial charge in [0.1, 0.15) is 11.5 Å². The number of ether oxygens (including phenoxy) is 1. The predicted molar refractivity (Wildman–Crippen MR) is 119 cm³/mol. The predicted octanol–water partition coefficient (Wildman–Crippen LogP) is 6.70. The molecule has 0 saturated heterocycles. The molecule has 4 aromatic carbocycles. The molecule has 0 amide bonds. The fourth-order valence-electron chi connectivity index (χ4n) is 5.34.